The fourth-order valence-electron chi connectivity index (χ4n) is 5.24. The van der Waals surface area contributed by atoms with Crippen LogP contribution in [0.4, 0.5) is 4.79 Å². The van der Waals surface area contributed by atoms with Crippen LogP contribution in [0.1, 0.15) is 80.6 Å². The molecule has 0 aromatic heterocycles. The molecule has 38 heavy (non-hydrogen) atoms. The zero-order valence-corrected chi connectivity index (χ0v) is 24.2. The summed E-state index contributed by atoms with van der Waals surface area (Å²) < 4.78 is 10.5. The monoisotopic (exact) mass is 537 g/mol. The van der Waals surface area contributed by atoms with Gasteiger partial charge in [0.05, 0.1) is 18.3 Å². The van der Waals surface area contributed by atoms with E-state index in [1.165, 1.54) is 0 Å². The summed E-state index contributed by atoms with van der Waals surface area (Å²) in [6, 6.07) is 0. The van der Waals surface area contributed by atoms with Crippen molar-refractivity contribution in [1.82, 2.24) is 0 Å². The van der Waals surface area contributed by atoms with Gasteiger partial charge >= 0.3 is 12.1 Å². The number of hydrogen-bond donors (Lipinski definition) is 4. The summed E-state index contributed by atoms with van der Waals surface area (Å²) in [5, 5.41) is 32.1. The first kappa shape index (κ1) is 33.9. The number of esters is 1. The molecule has 0 aromatic carbocycles. The lowest BCUT2D eigenvalue weighted by atomic mass is 9.81. The van der Waals surface area contributed by atoms with E-state index in [2.05, 4.69) is 0 Å². The zero-order chi connectivity index (χ0) is 29.0. The molecular formula is C30H51NO7. The van der Waals surface area contributed by atoms with Crippen LogP contribution in [-0.4, -0.2) is 57.9 Å². The van der Waals surface area contributed by atoms with Crippen LogP contribution in [0.5, 0.6) is 0 Å². The maximum absolute atomic E-state index is 11.5. The van der Waals surface area contributed by atoms with Crippen molar-refractivity contribution in [2.75, 3.05) is 0 Å². The number of carbonyl (C=O) groups is 2. The number of rotatable bonds is 16. The lowest BCUT2D eigenvalue weighted by Crippen LogP contribution is -2.41. The van der Waals surface area contributed by atoms with Crippen LogP contribution in [0.3, 0.4) is 0 Å². The molecule has 0 radical (unpaired) electrons. The first-order valence-corrected chi connectivity index (χ1v) is 14.0. The Hall–Kier alpha value is -2.16. The maximum atomic E-state index is 11.5. The van der Waals surface area contributed by atoms with Gasteiger partial charge in [0, 0.05) is 36.5 Å². The van der Waals surface area contributed by atoms with E-state index < -0.39 is 30.5 Å². The van der Waals surface area contributed by atoms with Crippen LogP contribution < -0.4 is 5.73 Å². The van der Waals surface area contributed by atoms with E-state index in [0.29, 0.717) is 25.7 Å². The van der Waals surface area contributed by atoms with Gasteiger partial charge in [-0.25, -0.2) is 4.79 Å². The summed E-state index contributed by atoms with van der Waals surface area (Å²) in [6.45, 7) is 13.6. The molecule has 0 spiro atoms. The highest BCUT2D eigenvalue weighted by molar-refractivity contribution is 5.71. The van der Waals surface area contributed by atoms with E-state index in [4.69, 9.17) is 15.2 Å². The second kappa shape index (κ2) is 16.7. The van der Waals surface area contributed by atoms with Gasteiger partial charge in [-0.2, -0.15) is 0 Å². The quantitative estimate of drug-likeness (QED) is 0.166. The van der Waals surface area contributed by atoms with Crippen molar-refractivity contribution in [1.29, 1.82) is 0 Å². The predicted molar refractivity (Wildman–Crippen MR) is 149 cm³/mol. The van der Waals surface area contributed by atoms with E-state index in [-0.39, 0.29) is 41.7 Å². The lowest BCUT2D eigenvalue weighted by Gasteiger charge is -2.33. The molecule has 0 aliphatic carbocycles. The van der Waals surface area contributed by atoms with Gasteiger partial charge in [-0.05, 0) is 32.1 Å². The Morgan fingerprint density at radius 3 is 2.26 bits per heavy atom. The number of allylic oxidation sites excluding steroid dienone is 2. The number of hydrogen-bond acceptors (Lipinski definition) is 7. The average Bonchev–Trinajstić information content (AvgIpc) is 3.26. The van der Waals surface area contributed by atoms with Crippen molar-refractivity contribution >= 4 is 12.1 Å². The van der Waals surface area contributed by atoms with E-state index in [9.17, 15) is 24.9 Å². The van der Waals surface area contributed by atoms with Gasteiger partial charge in [0.2, 0.25) is 0 Å². The molecule has 1 fully saturated rings. The van der Waals surface area contributed by atoms with Crippen molar-refractivity contribution in [2.24, 2.45) is 35.3 Å². The highest BCUT2D eigenvalue weighted by Crippen LogP contribution is 2.29. The first-order chi connectivity index (χ1) is 17.8. The van der Waals surface area contributed by atoms with Crippen molar-refractivity contribution in [3.05, 3.63) is 36.0 Å². The van der Waals surface area contributed by atoms with Crippen LogP contribution in [0.15, 0.2) is 36.0 Å². The molecule has 1 heterocycles. The third-order valence-corrected chi connectivity index (χ3v) is 7.46. The second-order valence-corrected chi connectivity index (χ2v) is 11.2. The molecule has 8 heteroatoms. The third kappa shape index (κ3) is 11.7. The molecular weight excluding hydrogens is 486 g/mol. The van der Waals surface area contributed by atoms with Gasteiger partial charge in [-0.1, -0.05) is 77.5 Å². The molecule has 10 atom stereocenters. The summed E-state index contributed by atoms with van der Waals surface area (Å²) in [7, 11) is 0. The molecule has 1 aliphatic heterocycles. The van der Waals surface area contributed by atoms with Gasteiger partial charge in [0.25, 0.3) is 0 Å². The first-order valence-electron chi connectivity index (χ1n) is 14.0. The fourth-order valence-corrected chi connectivity index (χ4v) is 5.24. The molecule has 5 N–H and O–H groups in total. The summed E-state index contributed by atoms with van der Waals surface area (Å²) in [5.41, 5.74) is 6.35. The molecule has 1 saturated heterocycles. The SMILES string of the molecule is CCC=C[C@H](C)[C@H](OC(N)=O)[C@@H](C)[C@H](O)[C@@H](C)CC(C)=C[C@H](C)[C@@H](O)[C@@H](C)C=C[C@@H](O)C[C@H]1CCC(=O)O1. The molecule has 1 rings (SSSR count). The van der Waals surface area contributed by atoms with Gasteiger partial charge in [0.1, 0.15) is 12.2 Å². The number of amides is 1. The van der Waals surface area contributed by atoms with Crippen LogP contribution >= 0.6 is 0 Å². The largest absolute Gasteiger partial charge is 0.462 e. The lowest BCUT2D eigenvalue weighted by molar-refractivity contribution is -0.142. The van der Waals surface area contributed by atoms with E-state index >= 15 is 0 Å². The average molecular weight is 538 g/mol. The Kier molecular flexibility index (Phi) is 14.9. The molecule has 0 bridgehead atoms. The second-order valence-electron chi connectivity index (χ2n) is 11.2. The number of nitrogens with two attached hydrogens (primary N) is 1. The summed E-state index contributed by atoms with van der Waals surface area (Å²) >= 11 is 0. The number of aliphatic hydroxyl groups is 3. The molecule has 1 amide bonds. The Bertz CT molecular complexity index is 823. The van der Waals surface area contributed by atoms with Crippen LogP contribution in [0.25, 0.3) is 0 Å². The molecule has 218 valence electrons. The Balaban J connectivity index is 2.70. The van der Waals surface area contributed by atoms with Gasteiger partial charge in [-0.15, -0.1) is 0 Å². The zero-order valence-electron chi connectivity index (χ0n) is 24.2. The highest BCUT2D eigenvalue weighted by Gasteiger charge is 2.33. The van der Waals surface area contributed by atoms with Crippen molar-refractivity contribution < 1.29 is 34.4 Å². The van der Waals surface area contributed by atoms with Gasteiger partial charge in [-0.3, -0.25) is 4.79 Å². The number of aliphatic hydroxyl groups excluding tert-OH is 3. The maximum Gasteiger partial charge on any atom is 0.404 e. The van der Waals surface area contributed by atoms with E-state index in [0.717, 1.165) is 12.0 Å². The number of cyclic esters (lactones) is 1. The fraction of sp³-hybridized carbons (Fsp3) is 0.733. The van der Waals surface area contributed by atoms with Crippen LogP contribution in [0.2, 0.25) is 0 Å². The van der Waals surface area contributed by atoms with Crippen LogP contribution in [-0.2, 0) is 14.3 Å². The number of carbonyl (C=O) groups excluding carboxylic acids is 2. The molecule has 8 nitrogen and oxygen atoms in total. The molecule has 0 aromatic rings. The molecule has 0 unspecified atom stereocenters. The number of primary amides is 1. The standard InChI is InChI=1S/C30H51NO7/c1-8-9-10-20(4)29(38-30(31)36)23(7)28(35)22(6)16-18(2)15-21(5)27(34)19(3)11-12-24(32)17-25-13-14-26(33)37-25/h9-12,15,19-25,27-29,32,34-35H,8,13-14,16-17H2,1-7H3,(H2,31,36)/t19-,20-,21-,22-,23-,24+,25+,27-,28+,29-/m0/s1. The minimum absolute atomic E-state index is 0.0904. The predicted octanol–water partition coefficient (Wildman–Crippen LogP) is 4.67. The van der Waals surface area contributed by atoms with Gasteiger partial charge in [0.15, 0.2) is 0 Å². The van der Waals surface area contributed by atoms with Crippen molar-refractivity contribution in [2.45, 2.75) is 111 Å². The summed E-state index contributed by atoms with van der Waals surface area (Å²) in [4.78, 5) is 22.7. The Labute approximate surface area is 229 Å². The van der Waals surface area contributed by atoms with Crippen LogP contribution in [0, 0.1) is 29.6 Å². The topological polar surface area (TPSA) is 139 Å². The van der Waals surface area contributed by atoms with E-state index in [1.54, 1.807) is 12.2 Å². The number of ether oxygens (including phenoxy) is 2. The summed E-state index contributed by atoms with van der Waals surface area (Å²) in [5.74, 6) is -1.08. The van der Waals surface area contributed by atoms with Gasteiger partial charge < -0.3 is 30.5 Å². The van der Waals surface area contributed by atoms with Crippen molar-refractivity contribution in [3.63, 3.8) is 0 Å². The third-order valence-electron chi connectivity index (χ3n) is 7.46. The Morgan fingerprint density at radius 1 is 1.05 bits per heavy atom. The Morgan fingerprint density at radius 2 is 1.71 bits per heavy atom. The minimum atomic E-state index is -0.852. The summed E-state index contributed by atoms with van der Waals surface area (Å²) in [6.07, 6.45) is 8.57. The highest BCUT2D eigenvalue weighted by atomic mass is 16.6. The van der Waals surface area contributed by atoms with E-state index in [1.807, 2.05) is 66.7 Å². The normalized spacial score (nSPS) is 23.9. The smallest absolute Gasteiger partial charge is 0.404 e. The molecule has 1 aliphatic rings. The van der Waals surface area contributed by atoms with Crippen molar-refractivity contribution in [3.8, 4) is 0 Å². The minimum Gasteiger partial charge on any atom is -0.462 e. The molecule has 0 saturated carbocycles.